The summed E-state index contributed by atoms with van der Waals surface area (Å²) < 4.78 is 19.8. The number of nitrogen functional groups attached to an aromatic ring is 1. The molecule has 5 N–H and O–H groups in total. The van der Waals surface area contributed by atoms with Crippen LogP contribution in [-0.4, -0.2) is 46.8 Å². The molecular formula is C23H22FN7O3. The number of nitrogens with two attached hydrogens (primary N) is 1. The second-order valence-corrected chi connectivity index (χ2v) is 7.27. The summed E-state index contributed by atoms with van der Waals surface area (Å²) >= 11 is 0. The second-order valence-electron chi connectivity index (χ2n) is 7.27. The van der Waals surface area contributed by atoms with E-state index >= 15 is 0 Å². The second kappa shape index (κ2) is 9.96. The summed E-state index contributed by atoms with van der Waals surface area (Å²) in [4.78, 5) is 29.1. The zero-order valence-corrected chi connectivity index (χ0v) is 18.2. The van der Waals surface area contributed by atoms with Crippen LogP contribution >= 0.6 is 0 Å². The highest BCUT2D eigenvalue weighted by atomic mass is 19.1. The van der Waals surface area contributed by atoms with Crippen molar-refractivity contribution in [3.63, 3.8) is 0 Å². The van der Waals surface area contributed by atoms with Crippen molar-refractivity contribution in [1.29, 1.82) is 0 Å². The minimum Gasteiger partial charge on any atom is -0.383 e. The van der Waals surface area contributed by atoms with E-state index in [4.69, 9.17) is 10.5 Å². The number of hydrogen-bond donors (Lipinski definition) is 4. The van der Waals surface area contributed by atoms with Gasteiger partial charge in [0.05, 0.1) is 12.2 Å². The van der Waals surface area contributed by atoms with E-state index in [0.29, 0.717) is 46.7 Å². The SMILES string of the molecule is COCCNC(=O)c1cn2ncnc(N)c2c1-c1ccc(NC(=O)Nc2cccc(F)c2)cc1. The molecular weight excluding hydrogens is 441 g/mol. The fourth-order valence-electron chi connectivity index (χ4n) is 3.44. The van der Waals surface area contributed by atoms with Gasteiger partial charge in [-0.2, -0.15) is 5.10 Å². The molecule has 0 spiro atoms. The number of amides is 3. The average molecular weight is 463 g/mol. The maximum atomic E-state index is 13.3. The predicted octanol–water partition coefficient (Wildman–Crippen LogP) is 3.14. The first-order chi connectivity index (χ1) is 16.5. The lowest BCUT2D eigenvalue weighted by atomic mass is 10.0. The Hall–Kier alpha value is -4.51. The number of carbonyl (C=O) groups excluding carboxylic acids is 2. The van der Waals surface area contributed by atoms with Gasteiger partial charge in [-0.3, -0.25) is 4.79 Å². The molecule has 0 saturated heterocycles. The highest BCUT2D eigenvalue weighted by Gasteiger charge is 2.21. The number of aromatic nitrogens is 3. The normalized spacial score (nSPS) is 10.8. The summed E-state index contributed by atoms with van der Waals surface area (Å²) in [5, 5.41) is 12.2. The number of nitrogens with one attached hydrogen (secondary N) is 3. The summed E-state index contributed by atoms with van der Waals surface area (Å²) in [6.45, 7) is 0.708. The molecule has 0 saturated carbocycles. The van der Waals surface area contributed by atoms with Crippen LogP contribution in [0.15, 0.2) is 61.1 Å². The molecule has 11 heteroatoms. The maximum absolute atomic E-state index is 13.3. The van der Waals surface area contributed by atoms with Crippen molar-refractivity contribution >= 4 is 34.6 Å². The van der Waals surface area contributed by atoms with Gasteiger partial charge in [-0.05, 0) is 35.9 Å². The molecule has 2 aromatic heterocycles. The highest BCUT2D eigenvalue weighted by molar-refractivity contribution is 6.07. The van der Waals surface area contributed by atoms with Crippen LogP contribution in [0.5, 0.6) is 0 Å². The van der Waals surface area contributed by atoms with Crippen molar-refractivity contribution in [2.45, 2.75) is 0 Å². The first kappa shape index (κ1) is 22.7. The molecule has 10 nitrogen and oxygen atoms in total. The van der Waals surface area contributed by atoms with Crippen molar-refractivity contribution in [3.05, 3.63) is 72.4 Å². The van der Waals surface area contributed by atoms with Crippen LogP contribution in [0.1, 0.15) is 10.4 Å². The van der Waals surface area contributed by atoms with E-state index in [-0.39, 0.29) is 11.7 Å². The third kappa shape index (κ3) is 4.94. The molecule has 2 aromatic carbocycles. The Morgan fingerprint density at radius 3 is 2.62 bits per heavy atom. The Labute approximate surface area is 193 Å². The van der Waals surface area contributed by atoms with Crippen molar-refractivity contribution < 1.29 is 18.7 Å². The van der Waals surface area contributed by atoms with E-state index in [2.05, 4.69) is 26.0 Å². The number of hydrogen-bond acceptors (Lipinski definition) is 6. The fraction of sp³-hybridized carbons (Fsp3) is 0.130. The summed E-state index contributed by atoms with van der Waals surface area (Å²) in [6, 6.07) is 11.9. The van der Waals surface area contributed by atoms with Gasteiger partial charge < -0.3 is 26.4 Å². The molecule has 34 heavy (non-hydrogen) atoms. The highest BCUT2D eigenvalue weighted by Crippen LogP contribution is 2.33. The quantitative estimate of drug-likeness (QED) is 0.311. The fourth-order valence-corrected chi connectivity index (χ4v) is 3.44. The summed E-state index contributed by atoms with van der Waals surface area (Å²) in [5.41, 5.74) is 9.01. The van der Waals surface area contributed by atoms with Crippen LogP contribution in [0, 0.1) is 5.82 Å². The van der Waals surface area contributed by atoms with Gasteiger partial charge in [0.25, 0.3) is 5.91 Å². The van der Waals surface area contributed by atoms with Crippen LogP contribution in [0.2, 0.25) is 0 Å². The molecule has 4 rings (SSSR count). The lowest BCUT2D eigenvalue weighted by Crippen LogP contribution is -2.27. The number of rotatable bonds is 7. The van der Waals surface area contributed by atoms with Gasteiger partial charge in [-0.25, -0.2) is 18.7 Å². The molecule has 174 valence electrons. The number of carbonyl (C=O) groups is 2. The van der Waals surface area contributed by atoms with Crippen LogP contribution < -0.4 is 21.7 Å². The van der Waals surface area contributed by atoms with Crippen molar-refractivity contribution in [2.75, 3.05) is 36.6 Å². The number of urea groups is 1. The molecule has 4 aromatic rings. The van der Waals surface area contributed by atoms with Crippen LogP contribution in [-0.2, 0) is 4.74 Å². The molecule has 0 aliphatic heterocycles. The van der Waals surface area contributed by atoms with Gasteiger partial charge in [0, 0.05) is 36.8 Å². The Bertz CT molecular complexity index is 1340. The largest absolute Gasteiger partial charge is 0.383 e. The van der Waals surface area contributed by atoms with E-state index in [1.54, 1.807) is 43.6 Å². The van der Waals surface area contributed by atoms with Gasteiger partial charge in [0.15, 0.2) is 5.82 Å². The minimum atomic E-state index is -0.525. The van der Waals surface area contributed by atoms with Gasteiger partial charge in [-0.1, -0.05) is 18.2 Å². The van der Waals surface area contributed by atoms with Crippen molar-refractivity contribution in [3.8, 4) is 11.1 Å². The van der Waals surface area contributed by atoms with E-state index in [9.17, 15) is 14.0 Å². The van der Waals surface area contributed by atoms with Gasteiger partial charge in [-0.15, -0.1) is 0 Å². The first-order valence-electron chi connectivity index (χ1n) is 10.3. The van der Waals surface area contributed by atoms with Gasteiger partial charge in [0.2, 0.25) is 0 Å². The Morgan fingerprint density at radius 1 is 1.12 bits per heavy atom. The summed E-state index contributed by atoms with van der Waals surface area (Å²) in [5.74, 6) is -0.543. The standard InChI is InChI=1S/C23H22FN7O3/c1-34-10-9-26-22(32)18-12-31-20(21(25)27-13-28-31)19(18)14-5-7-16(8-6-14)29-23(33)30-17-4-2-3-15(24)11-17/h2-8,11-13H,9-10H2,1H3,(H,26,32)(H2,25,27,28)(H2,29,30,33). The summed E-state index contributed by atoms with van der Waals surface area (Å²) in [7, 11) is 1.55. The summed E-state index contributed by atoms with van der Waals surface area (Å²) in [6.07, 6.45) is 2.90. The molecule has 0 aliphatic rings. The number of methoxy groups -OCH3 is 1. The van der Waals surface area contributed by atoms with Gasteiger partial charge >= 0.3 is 6.03 Å². The molecule has 0 aliphatic carbocycles. The van der Waals surface area contributed by atoms with Crippen LogP contribution in [0.25, 0.3) is 16.6 Å². The monoisotopic (exact) mass is 463 g/mol. The predicted molar refractivity (Wildman–Crippen MR) is 126 cm³/mol. The molecule has 2 heterocycles. The van der Waals surface area contributed by atoms with E-state index in [1.165, 1.54) is 29.0 Å². The lowest BCUT2D eigenvalue weighted by molar-refractivity contribution is 0.0937. The molecule has 0 radical (unpaired) electrons. The number of anilines is 3. The minimum absolute atomic E-state index is 0.220. The zero-order chi connectivity index (χ0) is 24.1. The molecule has 0 bridgehead atoms. The Morgan fingerprint density at radius 2 is 1.88 bits per heavy atom. The van der Waals surface area contributed by atoms with Crippen LogP contribution in [0.3, 0.4) is 0 Å². The average Bonchev–Trinajstić information content (AvgIpc) is 3.21. The van der Waals surface area contributed by atoms with Crippen molar-refractivity contribution in [2.24, 2.45) is 0 Å². The third-order valence-electron chi connectivity index (χ3n) is 4.95. The maximum Gasteiger partial charge on any atom is 0.323 e. The van der Waals surface area contributed by atoms with Gasteiger partial charge in [0.1, 0.15) is 17.7 Å². The van der Waals surface area contributed by atoms with E-state index in [0.717, 1.165) is 0 Å². The first-order valence-corrected chi connectivity index (χ1v) is 10.3. The molecule has 0 fully saturated rings. The topological polar surface area (TPSA) is 136 Å². The lowest BCUT2D eigenvalue weighted by Gasteiger charge is -2.10. The molecule has 0 unspecified atom stereocenters. The van der Waals surface area contributed by atoms with E-state index < -0.39 is 11.8 Å². The zero-order valence-electron chi connectivity index (χ0n) is 18.2. The van der Waals surface area contributed by atoms with Crippen molar-refractivity contribution in [1.82, 2.24) is 19.9 Å². The molecule has 3 amide bonds. The number of benzene rings is 2. The van der Waals surface area contributed by atoms with Crippen LogP contribution in [0.4, 0.5) is 26.4 Å². The number of halogens is 1. The Kier molecular flexibility index (Phi) is 6.64. The number of nitrogens with zero attached hydrogens (tertiary/aromatic N) is 3. The number of fused-ring (bicyclic) bond motifs is 1. The number of ether oxygens (including phenoxy) is 1. The Balaban J connectivity index is 1.59. The third-order valence-corrected chi connectivity index (χ3v) is 4.95. The van der Waals surface area contributed by atoms with E-state index in [1.807, 2.05) is 0 Å². The molecule has 0 atom stereocenters. The smallest absolute Gasteiger partial charge is 0.323 e.